The molecule has 0 atom stereocenters. The number of nitrogens with one attached hydrogen (secondary N) is 2. The number of carbonyl (C=O) groups excluding carboxylic acids is 1. The van der Waals surface area contributed by atoms with E-state index in [9.17, 15) is 9.18 Å². The number of hydrogen-bond acceptors (Lipinski definition) is 6. The number of primary amides is 1. The largest absolute Gasteiger partial charge is 0.396 e. The molecule has 1 aromatic heterocycles. The van der Waals surface area contributed by atoms with Gasteiger partial charge in [-0.2, -0.15) is 4.98 Å². The zero-order valence-electron chi connectivity index (χ0n) is 14.0. The average Bonchev–Trinajstić information content (AvgIpc) is 2.58. The van der Waals surface area contributed by atoms with E-state index in [0.29, 0.717) is 5.69 Å². The number of hydrogen-bond donors (Lipinski definition) is 4. The number of aryl methyl sites for hydroxylation is 1. The van der Waals surface area contributed by atoms with Gasteiger partial charge < -0.3 is 22.1 Å². The van der Waals surface area contributed by atoms with Crippen LogP contribution in [0.4, 0.5) is 33.2 Å². The number of benzene rings is 2. The van der Waals surface area contributed by atoms with Gasteiger partial charge >= 0.3 is 0 Å². The van der Waals surface area contributed by atoms with Gasteiger partial charge in [-0.25, -0.2) is 9.37 Å². The lowest BCUT2D eigenvalue weighted by molar-refractivity contribution is 0.100. The third kappa shape index (κ3) is 3.86. The Hall–Kier alpha value is -3.68. The highest BCUT2D eigenvalue weighted by molar-refractivity contribution is 5.98. The predicted molar refractivity (Wildman–Crippen MR) is 99.1 cm³/mol. The topological polar surface area (TPSA) is 119 Å². The second-order valence-electron chi connectivity index (χ2n) is 5.68. The van der Waals surface area contributed by atoms with Gasteiger partial charge in [0.15, 0.2) is 0 Å². The summed E-state index contributed by atoms with van der Waals surface area (Å²) in [5, 5.41) is 5.98. The Morgan fingerprint density at radius 3 is 2.58 bits per heavy atom. The molecular weight excluding hydrogens is 335 g/mol. The van der Waals surface area contributed by atoms with Crippen LogP contribution >= 0.6 is 0 Å². The molecule has 0 bridgehead atoms. The molecule has 26 heavy (non-hydrogen) atoms. The van der Waals surface area contributed by atoms with Crippen molar-refractivity contribution in [2.45, 2.75) is 6.92 Å². The van der Waals surface area contributed by atoms with Crippen molar-refractivity contribution in [2.24, 2.45) is 5.73 Å². The fourth-order valence-corrected chi connectivity index (χ4v) is 2.33. The molecule has 1 heterocycles. The van der Waals surface area contributed by atoms with E-state index in [-0.39, 0.29) is 23.0 Å². The van der Waals surface area contributed by atoms with Crippen LogP contribution in [-0.4, -0.2) is 15.9 Å². The van der Waals surface area contributed by atoms with Crippen LogP contribution in [0, 0.1) is 12.7 Å². The highest BCUT2D eigenvalue weighted by Crippen LogP contribution is 2.23. The van der Waals surface area contributed by atoms with Gasteiger partial charge in [0.25, 0.3) is 5.91 Å². The molecule has 1 amide bonds. The second kappa shape index (κ2) is 7.06. The number of anilines is 5. The summed E-state index contributed by atoms with van der Waals surface area (Å²) in [5.41, 5.74) is 13.4. The molecule has 0 aliphatic rings. The van der Waals surface area contributed by atoms with Gasteiger partial charge in [0.05, 0.1) is 5.69 Å². The molecule has 6 N–H and O–H groups in total. The highest BCUT2D eigenvalue weighted by atomic mass is 19.1. The summed E-state index contributed by atoms with van der Waals surface area (Å²) < 4.78 is 13.3. The second-order valence-corrected chi connectivity index (χ2v) is 5.68. The van der Waals surface area contributed by atoms with Crippen molar-refractivity contribution in [2.75, 3.05) is 16.4 Å². The minimum atomic E-state index is -0.655. The first-order chi connectivity index (χ1) is 12.4. The zero-order chi connectivity index (χ0) is 18.7. The molecule has 8 heteroatoms. The van der Waals surface area contributed by atoms with Crippen molar-refractivity contribution in [3.63, 3.8) is 0 Å². The molecule has 0 fully saturated rings. The number of nitrogens with zero attached hydrogens (tertiary/aromatic N) is 2. The Bertz CT molecular complexity index is 976. The molecule has 0 radical (unpaired) electrons. The summed E-state index contributed by atoms with van der Waals surface area (Å²) in [6.45, 7) is 1.95. The van der Waals surface area contributed by atoms with Crippen LogP contribution in [0.2, 0.25) is 0 Å². The monoisotopic (exact) mass is 352 g/mol. The maximum absolute atomic E-state index is 13.3. The van der Waals surface area contributed by atoms with Crippen molar-refractivity contribution in [1.82, 2.24) is 9.97 Å². The van der Waals surface area contributed by atoms with E-state index >= 15 is 0 Å². The van der Waals surface area contributed by atoms with Crippen molar-refractivity contribution < 1.29 is 9.18 Å². The molecule has 0 unspecified atom stereocenters. The molecule has 0 aliphatic heterocycles. The predicted octanol–water partition coefficient (Wildman–Crippen LogP) is 3.09. The molecular formula is C18H17FN6O. The Morgan fingerprint density at radius 2 is 1.88 bits per heavy atom. The lowest BCUT2D eigenvalue weighted by atomic mass is 10.2. The van der Waals surface area contributed by atoms with Crippen LogP contribution in [0.25, 0.3) is 0 Å². The first-order valence-electron chi connectivity index (χ1n) is 7.75. The lowest BCUT2D eigenvalue weighted by Crippen LogP contribution is -2.15. The van der Waals surface area contributed by atoms with Crippen LogP contribution in [0.5, 0.6) is 0 Å². The molecule has 3 rings (SSSR count). The number of nitrogen functional groups attached to an aromatic ring is 1. The van der Waals surface area contributed by atoms with E-state index in [1.54, 1.807) is 0 Å². The highest BCUT2D eigenvalue weighted by Gasteiger charge is 2.13. The molecule has 0 spiro atoms. The maximum atomic E-state index is 13.3. The fraction of sp³-hybridized carbons (Fsp3) is 0.0556. The molecule has 3 aromatic rings. The quantitative estimate of drug-likeness (QED) is 0.524. The van der Waals surface area contributed by atoms with Gasteiger partial charge in [-0.1, -0.05) is 12.1 Å². The first kappa shape index (κ1) is 17.2. The van der Waals surface area contributed by atoms with Crippen LogP contribution in [0.3, 0.4) is 0 Å². The summed E-state index contributed by atoms with van der Waals surface area (Å²) in [4.78, 5) is 20.0. The third-order valence-corrected chi connectivity index (χ3v) is 3.59. The minimum absolute atomic E-state index is 0.00173. The average molecular weight is 352 g/mol. The van der Waals surface area contributed by atoms with Crippen molar-refractivity contribution in [1.29, 1.82) is 0 Å². The van der Waals surface area contributed by atoms with E-state index < -0.39 is 11.7 Å². The van der Waals surface area contributed by atoms with E-state index in [1.165, 1.54) is 24.4 Å². The summed E-state index contributed by atoms with van der Waals surface area (Å²) in [6, 6.07) is 11.7. The van der Waals surface area contributed by atoms with Gasteiger partial charge in [0, 0.05) is 17.6 Å². The Kier molecular flexibility index (Phi) is 4.66. The third-order valence-electron chi connectivity index (χ3n) is 3.59. The van der Waals surface area contributed by atoms with Crippen LogP contribution in [0.1, 0.15) is 15.9 Å². The minimum Gasteiger partial charge on any atom is -0.396 e. The summed E-state index contributed by atoms with van der Waals surface area (Å²) >= 11 is 0. The van der Waals surface area contributed by atoms with Crippen LogP contribution in [-0.2, 0) is 0 Å². The van der Waals surface area contributed by atoms with Gasteiger partial charge in [0.2, 0.25) is 5.95 Å². The number of nitrogens with two attached hydrogens (primary N) is 2. The fourth-order valence-electron chi connectivity index (χ4n) is 2.33. The summed E-state index contributed by atoms with van der Waals surface area (Å²) in [7, 11) is 0. The Labute approximate surface area is 149 Å². The van der Waals surface area contributed by atoms with Gasteiger partial charge in [-0.3, -0.25) is 4.79 Å². The molecule has 0 saturated heterocycles. The van der Waals surface area contributed by atoms with E-state index in [1.807, 2.05) is 31.2 Å². The normalized spacial score (nSPS) is 10.4. The number of amides is 1. The Morgan fingerprint density at radius 1 is 1.12 bits per heavy atom. The zero-order valence-corrected chi connectivity index (χ0v) is 14.0. The van der Waals surface area contributed by atoms with Gasteiger partial charge in [0.1, 0.15) is 17.2 Å². The number of rotatable bonds is 5. The first-order valence-corrected chi connectivity index (χ1v) is 7.75. The van der Waals surface area contributed by atoms with E-state index in [4.69, 9.17) is 11.5 Å². The maximum Gasteiger partial charge on any atom is 0.254 e. The van der Waals surface area contributed by atoms with Crippen molar-refractivity contribution >= 4 is 34.7 Å². The SMILES string of the molecule is Cc1cccc(Nc2nc(Nc3ccc(F)c(N)c3)ncc2C(N)=O)c1. The summed E-state index contributed by atoms with van der Waals surface area (Å²) in [5.74, 6) is -0.702. The smallest absolute Gasteiger partial charge is 0.254 e. The lowest BCUT2D eigenvalue weighted by Gasteiger charge is -2.12. The van der Waals surface area contributed by atoms with Crippen molar-refractivity contribution in [3.05, 3.63) is 65.6 Å². The van der Waals surface area contributed by atoms with Gasteiger partial charge in [-0.05, 0) is 42.8 Å². The molecule has 7 nitrogen and oxygen atoms in total. The molecule has 0 saturated carbocycles. The van der Waals surface area contributed by atoms with Crippen LogP contribution < -0.4 is 22.1 Å². The standard InChI is InChI=1S/C18H17FN6O/c1-10-3-2-4-11(7-10)23-17-13(16(21)26)9-22-18(25-17)24-12-5-6-14(19)15(20)8-12/h2-9H,20H2,1H3,(H2,21,26)(H2,22,23,24,25). The molecule has 132 valence electrons. The van der Waals surface area contributed by atoms with E-state index in [2.05, 4.69) is 20.6 Å². The Balaban J connectivity index is 1.92. The van der Waals surface area contributed by atoms with Gasteiger partial charge in [-0.15, -0.1) is 0 Å². The molecule has 0 aliphatic carbocycles. The van der Waals surface area contributed by atoms with E-state index in [0.717, 1.165) is 11.3 Å². The number of aromatic nitrogens is 2. The summed E-state index contributed by atoms with van der Waals surface area (Å²) in [6.07, 6.45) is 1.32. The van der Waals surface area contributed by atoms with Crippen LogP contribution in [0.15, 0.2) is 48.7 Å². The number of halogens is 1. The number of carbonyl (C=O) groups is 1. The van der Waals surface area contributed by atoms with Crippen molar-refractivity contribution in [3.8, 4) is 0 Å². The molecule has 2 aromatic carbocycles.